The molecule has 0 radical (unpaired) electrons. The molecular weight excluding hydrogens is 557 g/mol. The molecule has 1 N–H and O–H groups in total. The predicted octanol–water partition coefficient (Wildman–Crippen LogP) is 4.18. The Morgan fingerprint density at radius 1 is 1.14 bits per heavy atom. The molecule has 2 saturated heterocycles. The van der Waals surface area contributed by atoms with E-state index in [9.17, 15) is 14.7 Å². The molecular formula is C30H36FN5O5Si. The highest BCUT2D eigenvalue weighted by Gasteiger charge is 2.66. The maximum atomic E-state index is 16.0. The van der Waals surface area contributed by atoms with Crippen molar-refractivity contribution in [3.05, 3.63) is 71.5 Å². The smallest absolute Gasteiger partial charge is 0.414 e. The average Bonchev–Trinajstić information content (AvgIpc) is 3.72. The Bertz CT molecular complexity index is 1480. The van der Waals surface area contributed by atoms with Crippen molar-refractivity contribution in [3.8, 4) is 0 Å². The Labute approximate surface area is 245 Å². The first-order chi connectivity index (χ1) is 20.1. The Morgan fingerprint density at radius 2 is 1.90 bits per heavy atom. The molecule has 4 heterocycles. The second-order valence-electron chi connectivity index (χ2n) is 11.8. The minimum Gasteiger partial charge on any atom is -0.447 e. The van der Waals surface area contributed by atoms with E-state index in [0.717, 1.165) is 22.5 Å². The van der Waals surface area contributed by atoms with Gasteiger partial charge in [0, 0.05) is 48.5 Å². The van der Waals surface area contributed by atoms with Gasteiger partial charge < -0.3 is 23.6 Å². The van der Waals surface area contributed by atoms with Gasteiger partial charge in [0.15, 0.2) is 5.60 Å². The van der Waals surface area contributed by atoms with Crippen molar-refractivity contribution in [2.24, 2.45) is 5.92 Å². The van der Waals surface area contributed by atoms with Gasteiger partial charge in [0.05, 0.1) is 30.6 Å². The standard InChI is InChI=1S/C30H36FN5O5Si/c1-20-27(42(2,3)31)26(12-14-34-19-22(13-16-37)32-33-34)41-30(20)24-6-4-5-7-25(24)36(28(30)38)18-21-8-10-23(11-9-21)35-15-17-40-29(35)39/h4-11,19-20,26-27,37H,12-18H2,1-3H3/t20-,26+,27-,30+/m1/s1. The minimum atomic E-state index is -3.28. The molecule has 6 rings (SSSR count). The number of cyclic esters (lactones) is 1. The van der Waals surface area contributed by atoms with Gasteiger partial charge in [0.25, 0.3) is 5.91 Å². The first-order valence-corrected chi connectivity index (χ1v) is 17.4. The number of benzene rings is 2. The van der Waals surface area contributed by atoms with Crippen molar-refractivity contribution < 1.29 is 28.3 Å². The summed E-state index contributed by atoms with van der Waals surface area (Å²) in [6.07, 6.45) is 1.84. The summed E-state index contributed by atoms with van der Waals surface area (Å²) >= 11 is 0. The summed E-state index contributed by atoms with van der Waals surface area (Å²) in [6.45, 7) is 6.98. The number of aryl methyl sites for hydroxylation is 1. The van der Waals surface area contributed by atoms with Gasteiger partial charge in [0.1, 0.15) is 6.61 Å². The van der Waals surface area contributed by atoms with E-state index in [1.165, 1.54) is 0 Å². The number of fused-ring (bicyclic) bond motifs is 2. The van der Waals surface area contributed by atoms with Crippen LogP contribution in [0.1, 0.15) is 30.2 Å². The van der Waals surface area contributed by atoms with Crippen molar-refractivity contribution in [1.82, 2.24) is 15.0 Å². The van der Waals surface area contributed by atoms with Crippen LogP contribution >= 0.6 is 0 Å². The molecule has 1 spiro atoms. The molecule has 222 valence electrons. The normalized spacial score (nSPS) is 25.5. The Balaban J connectivity index is 1.28. The van der Waals surface area contributed by atoms with Crippen molar-refractivity contribution >= 4 is 31.8 Å². The third kappa shape index (κ3) is 4.80. The number of anilines is 2. The second-order valence-corrected chi connectivity index (χ2v) is 15.6. The Morgan fingerprint density at radius 3 is 2.60 bits per heavy atom. The number of aromatic nitrogens is 3. The Hall–Kier alpha value is -3.61. The van der Waals surface area contributed by atoms with E-state index in [1.54, 1.807) is 33.8 Å². The van der Waals surface area contributed by atoms with E-state index in [0.29, 0.717) is 44.8 Å². The van der Waals surface area contributed by atoms with Gasteiger partial charge in [-0.05, 0) is 43.3 Å². The van der Waals surface area contributed by atoms with Gasteiger partial charge in [-0.15, -0.1) is 5.10 Å². The third-order valence-corrected chi connectivity index (χ3v) is 11.3. The van der Waals surface area contributed by atoms with Crippen LogP contribution in [0.5, 0.6) is 0 Å². The number of halogens is 1. The topological polar surface area (TPSA) is 110 Å². The maximum absolute atomic E-state index is 16.0. The van der Waals surface area contributed by atoms with Crippen LogP contribution in [0.2, 0.25) is 18.6 Å². The lowest BCUT2D eigenvalue weighted by Crippen LogP contribution is -2.45. The van der Waals surface area contributed by atoms with E-state index in [2.05, 4.69) is 10.3 Å². The zero-order chi connectivity index (χ0) is 29.6. The van der Waals surface area contributed by atoms with Gasteiger partial charge in [-0.1, -0.05) is 42.5 Å². The average molecular weight is 594 g/mol. The molecule has 0 unspecified atom stereocenters. The predicted molar refractivity (Wildman–Crippen MR) is 156 cm³/mol. The van der Waals surface area contributed by atoms with E-state index in [4.69, 9.17) is 9.47 Å². The number of para-hydroxylation sites is 1. The van der Waals surface area contributed by atoms with E-state index < -0.39 is 25.7 Å². The Kier molecular flexibility index (Phi) is 7.40. The molecule has 2 amide bonds. The van der Waals surface area contributed by atoms with Crippen molar-refractivity contribution in [1.29, 1.82) is 0 Å². The zero-order valence-corrected chi connectivity index (χ0v) is 25.1. The number of hydrogen-bond donors (Lipinski definition) is 1. The van der Waals surface area contributed by atoms with Crippen molar-refractivity contribution in [3.63, 3.8) is 0 Å². The number of nitrogens with zero attached hydrogens (tertiary/aromatic N) is 5. The summed E-state index contributed by atoms with van der Waals surface area (Å²) in [5, 5.41) is 17.4. The molecule has 12 heteroatoms. The number of rotatable bonds is 9. The summed E-state index contributed by atoms with van der Waals surface area (Å²) in [6, 6.07) is 15.2. The van der Waals surface area contributed by atoms with E-state index >= 15 is 4.11 Å². The lowest BCUT2D eigenvalue weighted by molar-refractivity contribution is -0.146. The van der Waals surface area contributed by atoms with Crippen LogP contribution in [-0.2, 0) is 39.4 Å². The van der Waals surface area contributed by atoms with Crippen molar-refractivity contribution in [2.75, 3.05) is 29.6 Å². The van der Waals surface area contributed by atoms with Gasteiger partial charge in [-0.3, -0.25) is 14.4 Å². The fourth-order valence-electron chi connectivity index (χ4n) is 6.96. The minimum absolute atomic E-state index is 0.0105. The number of ether oxygens (including phenoxy) is 2. The summed E-state index contributed by atoms with van der Waals surface area (Å²) in [7, 11) is -3.28. The van der Waals surface area contributed by atoms with Crippen LogP contribution in [0.3, 0.4) is 0 Å². The van der Waals surface area contributed by atoms with E-state index in [-0.39, 0.29) is 24.5 Å². The van der Waals surface area contributed by atoms with Crippen LogP contribution in [0.15, 0.2) is 54.7 Å². The molecule has 0 aliphatic carbocycles. The summed E-state index contributed by atoms with van der Waals surface area (Å²) in [5.41, 5.74) is 2.18. The molecule has 3 aromatic rings. The first kappa shape index (κ1) is 28.5. The fraction of sp³-hybridized carbons (Fsp3) is 0.467. The highest BCUT2D eigenvalue weighted by molar-refractivity contribution is 6.72. The fourth-order valence-corrected chi connectivity index (χ4v) is 9.50. The molecule has 0 saturated carbocycles. The number of carbonyl (C=O) groups excluding carboxylic acids is 2. The molecule has 4 atom stereocenters. The molecule has 42 heavy (non-hydrogen) atoms. The van der Waals surface area contributed by atoms with Gasteiger partial charge in [-0.25, -0.2) is 4.79 Å². The molecule has 10 nitrogen and oxygen atoms in total. The van der Waals surface area contributed by atoms with E-state index in [1.807, 2.05) is 55.5 Å². The van der Waals surface area contributed by atoms with Crippen LogP contribution in [0.4, 0.5) is 20.3 Å². The van der Waals surface area contributed by atoms with Gasteiger partial charge in [0.2, 0.25) is 8.41 Å². The quantitative estimate of drug-likeness (QED) is 0.293. The van der Waals surface area contributed by atoms with Crippen molar-refractivity contribution in [2.45, 2.75) is 63.2 Å². The highest BCUT2D eigenvalue weighted by atomic mass is 28.4. The number of hydrogen-bond acceptors (Lipinski definition) is 7. The maximum Gasteiger partial charge on any atom is 0.414 e. The van der Waals surface area contributed by atoms with Gasteiger partial charge in [-0.2, -0.15) is 0 Å². The van der Waals surface area contributed by atoms with Crippen LogP contribution in [-0.4, -0.2) is 66.4 Å². The highest BCUT2D eigenvalue weighted by Crippen LogP contribution is 2.60. The zero-order valence-electron chi connectivity index (χ0n) is 24.1. The first-order valence-electron chi connectivity index (χ1n) is 14.4. The molecule has 2 aromatic carbocycles. The molecule has 0 bridgehead atoms. The lowest BCUT2D eigenvalue weighted by atomic mass is 9.82. The lowest BCUT2D eigenvalue weighted by Gasteiger charge is -2.31. The molecule has 2 fully saturated rings. The number of carbonyl (C=O) groups is 2. The van der Waals surface area contributed by atoms with Crippen LogP contribution in [0, 0.1) is 5.92 Å². The van der Waals surface area contributed by atoms with Crippen LogP contribution in [0.25, 0.3) is 0 Å². The number of aliphatic hydroxyl groups is 1. The monoisotopic (exact) mass is 593 g/mol. The number of amides is 2. The summed E-state index contributed by atoms with van der Waals surface area (Å²) in [5.74, 6) is -0.558. The third-order valence-electron chi connectivity index (χ3n) is 8.81. The largest absolute Gasteiger partial charge is 0.447 e. The summed E-state index contributed by atoms with van der Waals surface area (Å²) in [4.78, 5) is 29.8. The molecule has 3 aliphatic rings. The molecule has 3 aliphatic heterocycles. The summed E-state index contributed by atoms with van der Waals surface area (Å²) < 4.78 is 29.6. The van der Waals surface area contributed by atoms with Gasteiger partial charge >= 0.3 is 6.09 Å². The number of aliphatic hydroxyl groups excluding tert-OH is 1. The van der Waals surface area contributed by atoms with Crippen LogP contribution < -0.4 is 9.80 Å². The SMILES string of the molecule is C[C@@H]1[C@@H]([Si](C)(C)F)[C@H](CCn2cc(CCO)nn2)O[C@@]12C(=O)N(Cc1ccc(N3CCOC3=O)cc1)c1ccccc12. The molecule has 1 aromatic heterocycles. The second kappa shape index (κ2) is 10.9.